The van der Waals surface area contributed by atoms with Crippen molar-refractivity contribution in [1.29, 1.82) is 0 Å². The van der Waals surface area contributed by atoms with Gasteiger partial charge >= 0.3 is 0 Å². The molecule has 0 radical (unpaired) electrons. The molecule has 2 N–H and O–H groups in total. The van der Waals surface area contributed by atoms with Crippen LogP contribution in [0.5, 0.6) is 0 Å². The lowest BCUT2D eigenvalue weighted by atomic mass is 10.1. The van der Waals surface area contributed by atoms with Crippen LogP contribution in [0.15, 0.2) is 54.6 Å². The van der Waals surface area contributed by atoms with Crippen LogP contribution in [-0.2, 0) is 12.8 Å². The molecule has 20 heavy (non-hydrogen) atoms. The Morgan fingerprint density at radius 1 is 0.950 bits per heavy atom. The molecule has 3 rings (SSSR count). The molecule has 0 aliphatic rings. The van der Waals surface area contributed by atoms with E-state index in [0.717, 1.165) is 19.4 Å². The second-order valence-corrected chi connectivity index (χ2v) is 5.02. The van der Waals surface area contributed by atoms with E-state index in [1.807, 2.05) is 6.07 Å². The minimum atomic E-state index is 0.957. The van der Waals surface area contributed by atoms with E-state index in [4.69, 9.17) is 0 Å². The maximum absolute atomic E-state index is 3.53. The van der Waals surface area contributed by atoms with E-state index < -0.39 is 0 Å². The van der Waals surface area contributed by atoms with Crippen LogP contribution < -0.4 is 5.32 Å². The third-order valence-corrected chi connectivity index (χ3v) is 3.73. The summed E-state index contributed by atoms with van der Waals surface area (Å²) in [5, 5.41) is 4.85. The molecular formula is C18H20N2. The second kappa shape index (κ2) is 5.83. The van der Waals surface area contributed by atoms with E-state index in [-0.39, 0.29) is 0 Å². The van der Waals surface area contributed by atoms with Gasteiger partial charge in [0.25, 0.3) is 0 Å². The maximum Gasteiger partial charge on any atom is 0.0458 e. The Bertz CT molecular complexity index is 683. The summed E-state index contributed by atoms with van der Waals surface area (Å²) in [5.74, 6) is 0. The van der Waals surface area contributed by atoms with Gasteiger partial charge in [0.2, 0.25) is 0 Å². The Balaban J connectivity index is 1.77. The molecule has 0 aliphatic carbocycles. The van der Waals surface area contributed by atoms with Crippen LogP contribution in [0.4, 0.5) is 5.69 Å². The van der Waals surface area contributed by atoms with Gasteiger partial charge in [-0.15, -0.1) is 0 Å². The fourth-order valence-electron chi connectivity index (χ4n) is 2.73. The van der Waals surface area contributed by atoms with Gasteiger partial charge < -0.3 is 10.3 Å². The number of aromatic amines is 1. The van der Waals surface area contributed by atoms with Crippen LogP contribution in [0, 0.1) is 0 Å². The Labute approximate surface area is 119 Å². The summed E-state index contributed by atoms with van der Waals surface area (Å²) in [4.78, 5) is 3.53. The number of fused-ring (bicyclic) bond motifs is 1. The number of benzene rings is 2. The first kappa shape index (κ1) is 12.8. The molecule has 1 heterocycles. The lowest BCUT2D eigenvalue weighted by Gasteiger charge is -2.07. The molecule has 2 aromatic carbocycles. The van der Waals surface area contributed by atoms with Gasteiger partial charge in [-0.05, 0) is 36.6 Å². The van der Waals surface area contributed by atoms with E-state index >= 15 is 0 Å². The number of H-pyrrole nitrogens is 1. The highest BCUT2D eigenvalue weighted by molar-refractivity contribution is 5.84. The summed E-state index contributed by atoms with van der Waals surface area (Å²) in [6.45, 7) is 3.16. The Kier molecular flexibility index (Phi) is 3.73. The third kappa shape index (κ3) is 2.55. The smallest absolute Gasteiger partial charge is 0.0458 e. The summed E-state index contributed by atoms with van der Waals surface area (Å²) >= 11 is 0. The van der Waals surface area contributed by atoms with E-state index in [2.05, 4.69) is 65.8 Å². The summed E-state index contributed by atoms with van der Waals surface area (Å²) < 4.78 is 0. The molecule has 0 spiro atoms. The largest absolute Gasteiger partial charge is 0.385 e. The number of para-hydroxylation sites is 2. The predicted molar refractivity (Wildman–Crippen MR) is 86.3 cm³/mol. The monoisotopic (exact) mass is 264 g/mol. The lowest BCUT2D eigenvalue weighted by Crippen LogP contribution is -2.05. The van der Waals surface area contributed by atoms with Crippen molar-refractivity contribution in [3.05, 3.63) is 65.9 Å². The van der Waals surface area contributed by atoms with Crippen molar-refractivity contribution in [2.75, 3.05) is 11.9 Å². The molecule has 0 fully saturated rings. The van der Waals surface area contributed by atoms with Gasteiger partial charge in [-0.2, -0.15) is 0 Å². The molecule has 2 nitrogen and oxygen atoms in total. The quantitative estimate of drug-likeness (QED) is 0.703. The van der Waals surface area contributed by atoms with Gasteiger partial charge in [0, 0.05) is 28.8 Å². The topological polar surface area (TPSA) is 27.8 Å². The normalized spacial score (nSPS) is 10.8. The molecule has 1 aromatic heterocycles. The zero-order chi connectivity index (χ0) is 13.8. The summed E-state index contributed by atoms with van der Waals surface area (Å²) in [6.07, 6.45) is 2.09. The average Bonchev–Trinajstić information content (AvgIpc) is 2.87. The first-order valence-corrected chi connectivity index (χ1v) is 7.26. The number of nitrogens with one attached hydrogen (secondary N) is 2. The highest BCUT2D eigenvalue weighted by Crippen LogP contribution is 2.23. The van der Waals surface area contributed by atoms with Gasteiger partial charge in [-0.1, -0.05) is 43.3 Å². The first-order chi connectivity index (χ1) is 9.88. The minimum Gasteiger partial charge on any atom is -0.385 e. The van der Waals surface area contributed by atoms with E-state index in [1.54, 1.807) is 0 Å². The lowest BCUT2D eigenvalue weighted by molar-refractivity contribution is 0.968. The Morgan fingerprint density at radius 2 is 1.70 bits per heavy atom. The number of aryl methyl sites for hydroxylation is 1. The van der Waals surface area contributed by atoms with Crippen LogP contribution in [0.1, 0.15) is 18.2 Å². The van der Waals surface area contributed by atoms with Crippen LogP contribution in [0.25, 0.3) is 10.9 Å². The van der Waals surface area contributed by atoms with E-state index in [0.29, 0.717) is 0 Å². The van der Waals surface area contributed by atoms with Gasteiger partial charge in [0.1, 0.15) is 0 Å². The minimum absolute atomic E-state index is 0.957. The van der Waals surface area contributed by atoms with Crippen molar-refractivity contribution in [3.8, 4) is 0 Å². The zero-order valence-corrected chi connectivity index (χ0v) is 11.8. The van der Waals surface area contributed by atoms with E-state index in [9.17, 15) is 0 Å². The summed E-state index contributed by atoms with van der Waals surface area (Å²) in [7, 11) is 0. The molecule has 102 valence electrons. The van der Waals surface area contributed by atoms with Crippen LogP contribution in [-0.4, -0.2) is 11.5 Å². The zero-order valence-electron chi connectivity index (χ0n) is 11.8. The van der Waals surface area contributed by atoms with Gasteiger partial charge in [-0.3, -0.25) is 0 Å². The third-order valence-electron chi connectivity index (χ3n) is 3.73. The predicted octanol–water partition coefficient (Wildman–Crippen LogP) is 4.38. The molecular weight excluding hydrogens is 244 g/mol. The fraction of sp³-hybridized carbons (Fsp3) is 0.222. The highest BCUT2D eigenvalue weighted by Gasteiger charge is 2.09. The molecule has 3 aromatic rings. The number of aromatic nitrogens is 1. The molecule has 0 amide bonds. The summed E-state index contributed by atoms with van der Waals surface area (Å²) in [6, 6.07) is 18.9. The van der Waals surface area contributed by atoms with Crippen LogP contribution in [0.2, 0.25) is 0 Å². The Morgan fingerprint density at radius 3 is 2.50 bits per heavy atom. The number of hydrogen-bond acceptors (Lipinski definition) is 1. The molecule has 0 saturated heterocycles. The van der Waals surface area contributed by atoms with Crippen molar-refractivity contribution < 1.29 is 0 Å². The van der Waals surface area contributed by atoms with Crippen molar-refractivity contribution in [2.24, 2.45) is 0 Å². The molecule has 2 heteroatoms. The number of rotatable bonds is 5. The molecule has 0 unspecified atom stereocenters. The van der Waals surface area contributed by atoms with Crippen molar-refractivity contribution in [3.63, 3.8) is 0 Å². The second-order valence-electron chi connectivity index (χ2n) is 5.02. The molecule has 0 aliphatic heterocycles. The fourth-order valence-corrected chi connectivity index (χ4v) is 2.73. The average molecular weight is 264 g/mol. The SMILES string of the molecule is CCc1[nH]c2ccccc2c1CCNc1ccccc1. The van der Waals surface area contributed by atoms with Gasteiger partial charge in [0.15, 0.2) is 0 Å². The Hall–Kier alpha value is -2.22. The van der Waals surface area contributed by atoms with E-state index in [1.165, 1.54) is 27.8 Å². The first-order valence-electron chi connectivity index (χ1n) is 7.26. The van der Waals surface area contributed by atoms with Crippen LogP contribution in [0.3, 0.4) is 0 Å². The van der Waals surface area contributed by atoms with Crippen molar-refractivity contribution in [2.45, 2.75) is 19.8 Å². The van der Waals surface area contributed by atoms with Crippen LogP contribution >= 0.6 is 0 Å². The standard InChI is InChI=1S/C18H20N2/c1-2-17-16(15-10-6-7-11-18(15)20-17)12-13-19-14-8-4-3-5-9-14/h3-11,19-20H,2,12-13H2,1H3. The van der Waals surface area contributed by atoms with Gasteiger partial charge in [0.05, 0.1) is 0 Å². The highest BCUT2D eigenvalue weighted by atomic mass is 14.9. The number of anilines is 1. The molecule has 0 bridgehead atoms. The number of hydrogen-bond donors (Lipinski definition) is 2. The molecule has 0 atom stereocenters. The van der Waals surface area contributed by atoms with Gasteiger partial charge in [-0.25, -0.2) is 0 Å². The maximum atomic E-state index is 3.53. The summed E-state index contributed by atoms with van der Waals surface area (Å²) in [5.41, 5.74) is 5.25. The van der Waals surface area contributed by atoms with Crippen molar-refractivity contribution >= 4 is 16.6 Å². The van der Waals surface area contributed by atoms with Crippen molar-refractivity contribution in [1.82, 2.24) is 4.98 Å². The molecule has 0 saturated carbocycles.